The first-order valence-corrected chi connectivity index (χ1v) is 10.7. The standard InChI is InChI=1S/C21H21F4N7O3/c1-8-11-7-27-4-5-32(11)17-12-15(29-20(30-17)34-3)13(22)14(28-18(12)35-8)9-6-10(26)19(33)31(2)16(9)21(23,24)25/h6,8,11,27H,4-5,7,26H2,1-3H3/t8-,11-/m0/s1. The summed E-state index contributed by atoms with van der Waals surface area (Å²) >= 11 is 0. The van der Waals surface area contributed by atoms with E-state index in [4.69, 9.17) is 15.2 Å². The molecule has 1 saturated heterocycles. The molecule has 2 atom stereocenters. The summed E-state index contributed by atoms with van der Waals surface area (Å²) in [6.45, 7) is 3.47. The number of nitrogens with zero attached hydrogens (tertiary/aromatic N) is 5. The van der Waals surface area contributed by atoms with Crippen molar-refractivity contribution >= 4 is 22.4 Å². The van der Waals surface area contributed by atoms with Crippen LogP contribution in [0.3, 0.4) is 0 Å². The van der Waals surface area contributed by atoms with E-state index in [2.05, 4.69) is 20.3 Å². The van der Waals surface area contributed by atoms with Gasteiger partial charge in [-0.15, -0.1) is 0 Å². The fourth-order valence-corrected chi connectivity index (χ4v) is 4.61. The molecule has 5 rings (SSSR count). The fourth-order valence-electron chi connectivity index (χ4n) is 4.61. The van der Waals surface area contributed by atoms with Gasteiger partial charge < -0.3 is 30.0 Å². The highest BCUT2D eigenvalue weighted by atomic mass is 19.4. The van der Waals surface area contributed by atoms with Crippen molar-refractivity contribution in [2.24, 2.45) is 7.05 Å². The number of pyridine rings is 2. The van der Waals surface area contributed by atoms with E-state index in [0.29, 0.717) is 30.0 Å². The molecular formula is C21H21F4N7O3. The zero-order valence-corrected chi connectivity index (χ0v) is 18.9. The number of rotatable bonds is 2. The highest BCUT2D eigenvalue weighted by Crippen LogP contribution is 2.43. The first kappa shape index (κ1) is 23.1. The van der Waals surface area contributed by atoms with Gasteiger partial charge in [-0.2, -0.15) is 23.1 Å². The van der Waals surface area contributed by atoms with Crippen molar-refractivity contribution in [1.29, 1.82) is 0 Å². The Morgan fingerprint density at radius 3 is 2.71 bits per heavy atom. The van der Waals surface area contributed by atoms with E-state index < -0.39 is 46.3 Å². The Kier molecular flexibility index (Phi) is 5.23. The minimum absolute atomic E-state index is 0.120. The monoisotopic (exact) mass is 495 g/mol. The van der Waals surface area contributed by atoms with Crippen molar-refractivity contribution in [3.63, 3.8) is 0 Å². The van der Waals surface area contributed by atoms with E-state index in [0.717, 1.165) is 13.1 Å². The molecule has 0 spiro atoms. The molecule has 0 saturated carbocycles. The van der Waals surface area contributed by atoms with Gasteiger partial charge in [-0.05, 0) is 13.0 Å². The zero-order chi connectivity index (χ0) is 25.2. The molecule has 0 unspecified atom stereocenters. The largest absolute Gasteiger partial charge is 0.472 e. The SMILES string of the molecule is COc1nc2c3c(nc(-c4cc(N)c(=O)n(C)c4C(F)(F)F)c(F)c3n1)O[C@@H](C)[C@@H]1CNCCN21. The average Bonchev–Trinajstić information content (AvgIpc) is 2.93. The van der Waals surface area contributed by atoms with Crippen LogP contribution in [0.2, 0.25) is 0 Å². The van der Waals surface area contributed by atoms with Gasteiger partial charge in [0.25, 0.3) is 5.56 Å². The predicted octanol–water partition coefficient (Wildman–Crippen LogP) is 1.70. The van der Waals surface area contributed by atoms with Crippen molar-refractivity contribution in [2.45, 2.75) is 25.2 Å². The molecular weight excluding hydrogens is 474 g/mol. The normalized spacial score (nSPS) is 19.8. The van der Waals surface area contributed by atoms with Crippen molar-refractivity contribution < 1.29 is 27.0 Å². The summed E-state index contributed by atoms with van der Waals surface area (Å²) in [4.78, 5) is 26.8. The average molecular weight is 495 g/mol. The number of hydrogen-bond donors (Lipinski definition) is 2. The second-order valence-corrected chi connectivity index (χ2v) is 8.35. The molecule has 3 aromatic rings. The van der Waals surface area contributed by atoms with E-state index in [9.17, 15) is 18.0 Å². The predicted molar refractivity (Wildman–Crippen MR) is 118 cm³/mol. The van der Waals surface area contributed by atoms with Crippen LogP contribution in [0.5, 0.6) is 11.9 Å². The topological polar surface area (TPSA) is 120 Å². The molecule has 3 N–H and O–H groups in total. The molecule has 1 fully saturated rings. The van der Waals surface area contributed by atoms with E-state index in [1.807, 2.05) is 4.90 Å². The third-order valence-corrected chi connectivity index (χ3v) is 6.26. The summed E-state index contributed by atoms with van der Waals surface area (Å²) in [6, 6.07) is 0.380. The maximum absolute atomic E-state index is 16.0. The number of ether oxygens (including phenoxy) is 2. The number of aromatic nitrogens is 4. The maximum Gasteiger partial charge on any atom is 0.432 e. The van der Waals surface area contributed by atoms with Gasteiger partial charge in [0.1, 0.15) is 34.2 Å². The molecule has 0 radical (unpaired) electrons. The number of alkyl halides is 3. The smallest absolute Gasteiger partial charge is 0.432 e. The van der Waals surface area contributed by atoms with E-state index in [1.54, 1.807) is 6.92 Å². The molecule has 2 aliphatic heterocycles. The van der Waals surface area contributed by atoms with Gasteiger partial charge in [-0.3, -0.25) is 4.79 Å². The molecule has 0 bridgehead atoms. The lowest BCUT2D eigenvalue weighted by atomic mass is 10.1. The molecule has 0 amide bonds. The van der Waals surface area contributed by atoms with Crippen LogP contribution in [0.4, 0.5) is 29.1 Å². The summed E-state index contributed by atoms with van der Waals surface area (Å²) in [5.74, 6) is -0.970. The van der Waals surface area contributed by atoms with Gasteiger partial charge in [0.05, 0.1) is 18.8 Å². The highest BCUT2D eigenvalue weighted by molar-refractivity contribution is 5.97. The Morgan fingerprint density at radius 1 is 1.29 bits per heavy atom. The lowest BCUT2D eigenvalue weighted by molar-refractivity contribution is -0.143. The molecule has 10 nitrogen and oxygen atoms in total. The van der Waals surface area contributed by atoms with Gasteiger partial charge in [-0.25, -0.2) is 9.37 Å². The number of piperazine rings is 1. The molecule has 0 aliphatic carbocycles. The van der Waals surface area contributed by atoms with Crippen molar-refractivity contribution in [3.8, 4) is 23.1 Å². The molecule has 186 valence electrons. The lowest BCUT2D eigenvalue weighted by Crippen LogP contribution is -2.56. The molecule has 14 heteroatoms. The van der Waals surface area contributed by atoms with Gasteiger partial charge in [0.2, 0.25) is 5.88 Å². The van der Waals surface area contributed by atoms with Crippen LogP contribution in [0.25, 0.3) is 22.2 Å². The van der Waals surface area contributed by atoms with Crippen LogP contribution < -0.4 is 31.0 Å². The Bertz CT molecular complexity index is 1410. The summed E-state index contributed by atoms with van der Waals surface area (Å²) in [5.41, 5.74) is 0.953. The summed E-state index contributed by atoms with van der Waals surface area (Å²) in [7, 11) is 2.21. The third-order valence-electron chi connectivity index (χ3n) is 6.26. The first-order chi connectivity index (χ1) is 16.5. The fraction of sp³-hybridized carbons (Fsp3) is 0.429. The van der Waals surface area contributed by atoms with E-state index in [1.165, 1.54) is 7.11 Å². The number of nitrogens with two attached hydrogens (primary N) is 1. The van der Waals surface area contributed by atoms with E-state index >= 15 is 4.39 Å². The minimum atomic E-state index is -5.01. The molecule has 2 aliphatic rings. The van der Waals surface area contributed by atoms with Crippen molar-refractivity contribution in [2.75, 3.05) is 37.4 Å². The lowest BCUT2D eigenvalue weighted by Gasteiger charge is -2.38. The molecule has 3 aromatic heterocycles. The highest BCUT2D eigenvalue weighted by Gasteiger charge is 2.41. The quantitative estimate of drug-likeness (QED) is 0.512. The van der Waals surface area contributed by atoms with Gasteiger partial charge >= 0.3 is 12.2 Å². The number of fused-ring (bicyclic) bond motifs is 2. The van der Waals surface area contributed by atoms with Crippen molar-refractivity contribution in [1.82, 2.24) is 24.8 Å². The minimum Gasteiger partial charge on any atom is -0.472 e. The number of hydrogen-bond acceptors (Lipinski definition) is 9. The second kappa shape index (κ2) is 7.93. The Labute approximate surface area is 195 Å². The van der Waals surface area contributed by atoms with Crippen LogP contribution in [0.1, 0.15) is 12.6 Å². The van der Waals surface area contributed by atoms with Crippen LogP contribution in [0, 0.1) is 5.82 Å². The van der Waals surface area contributed by atoms with Gasteiger partial charge in [0.15, 0.2) is 5.82 Å². The summed E-state index contributed by atoms with van der Waals surface area (Å²) < 4.78 is 69.6. The molecule has 5 heterocycles. The third kappa shape index (κ3) is 3.50. The number of halogens is 4. The number of anilines is 2. The first-order valence-electron chi connectivity index (χ1n) is 10.7. The van der Waals surface area contributed by atoms with E-state index in [-0.39, 0.29) is 28.8 Å². The van der Waals surface area contributed by atoms with Crippen LogP contribution in [0.15, 0.2) is 10.9 Å². The Balaban J connectivity index is 1.88. The van der Waals surface area contributed by atoms with Crippen molar-refractivity contribution in [3.05, 3.63) is 27.9 Å². The maximum atomic E-state index is 16.0. The van der Waals surface area contributed by atoms with Gasteiger partial charge in [0, 0.05) is 32.2 Å². The molecule has 35 heavy (non-hydrogen) atoms. The Hall–Kier alpha value is -3.68. The summed E-state index contributed by atoms with van der Waals surface area (Å²) in [6.07, 6.45) is -5.49. The van der Waals surface area contributed by atoms with Crippen LogP contribution >= 0.6 is 0 Å². The van der Waals surface area contributed by atoms with Gasteiger partial charge in [-0.1, -0.05) is 0 Å². The van der Waals surface area contributed by atoms with Crippen LogP contribution in [-0.2, 0) is 13.2 Å². The number of methoxy groups -OCH3 is 1. The van der Waals surface area contributed by atoms with Crippen LogP contribution in [-0.4, -0.2) is 58.4 Å². The summed E-state index contributed by atoms with van der Waals surface area (Å²) in [5, 5.41) is 3.38. The molecule has 0 aromatic carbocycles. The number of nitrogens with one attached hydrogen (secondary N) is 1. The second-order valence-electron chi connectivity index (χ2n) is 8.35. The Morgan fingerprint density at radius 2 is 2.03 bits per heavy atom. The zero-order valence-electron chi connectivity index (χ0n) is 18.9. The number of nitrogen functional groups attached to an aromatic ring is 1.